The van der Waals surface area contributed by atoms with Gasteiger partial charge in [-0.3, -0.25) is 4.90 Å². The number of piperidine rings is 1. The van der Waals surface area contributed by atoms with E-state index in [1.165, 1.54) is 37.8 Å². The number of hydrogen-bond acceptors (Lipinski definition) is 2. The number of benzene rings is 2. The van der Waals surface area contributed by atoms with E-state index in [1.807, 2.05) is 12.1 Å². The molecule has 23 heavy (non-hydrogen) atoms. The highest BCUT2D eigenvalue weighted by atomic mass is 16.3. The molecular weight excluding hydrogens is 282 g/mol. The van der Waals surface area contributed by atoms with E-state index in [9.17, 15) is 5.11 Å². The predicted molar refractivity (Wildman–Crippen MR) is 93.1 cm³/mol. The van der Waals surface area contributed by atoms with Crippen molar-refractivity contribution in [2.75, 3.05) is 6.54 Å². The van der Waals surface area contributed by atoms with Crippen LogP contribution >= 0.6 is 0 Å². The SMILES string of the molecule is OCc1ccc(CN2C[C@@H]3CC[C@@H]2Cc2ccccc2C3)cc1. The van der Waals surface area contributed by atoms with Gasteiger partial charge in [0.15, 0.2) is 0 Å². The van der Waals surface area contributed by atoms with Crippen molar-refractivity contribution in [2.45, 2.75) is 44.9 Å². The van der Waals surface area contributed by atoms with E-state index in [4.69, 9.17) is 0 Å². The topological polar surface area (TPSA) is 23.5 Å². The fourth-order valence-corrected chi connectivity index (χ4v) is 4.28. The minimum atomic E-state index is 0.130. The molecular formula is C21H25NO. The Balaban J connectivity index is 1.54. The molecule has 0 aromatic heterocycles. The molecule has 0 amide bonds. The Labute approximate surface area is 138 Å². The van der Waals surface area contributed by atoms with E-state index in [1.54, 1.807) is 11.1 Å². The first-order valence-electron chi connectivity index (χ1n) is 8.81. The minimum absolute atomic E-state index is 0.130. The molecule has 2 nitrogen and oxygen atoms in total. The highest BCUT2D eigenvalue weighted by Gasteiger charge is 2.31. The zero-order valence-corrected chi connectivity index (χ0v) is 13.6. The van der Waals surface area contributed by atoms with Crippen molar-refractivity contribution in [3.63, 3.8) is 0 Å². The largest absolute Gasteiger partial charge is 0.392 e. The van der Waals surface area contributed by atoms with Gasteiger partial charge in [-0.25, -0.2) is 0 Å². The van der Waals surface area contributed by atoms with Gasteiger partial charge in [-0.05, 0) is 53.9 Å². The lowest BCUT2D eigenvalue weighted by molar-refractivity contribution is 0.0938. The minimum Gasteiger partial charge on any atom is -0.392 e. The van der Waals surface area contributed by atoms with Crippen LogP contribution in [0.4, 0.5) is 0 Å². The number of aliphatic hydroxyl groups is 1. The number of rotatable bonds is 3. The van der Waals surface area contributed by atoms with Crippen molar-refractivity contribution >= 4 is 0 Å². The zero-order valence-electron chi connectivity index (χ0n) is 13.6. The van der Waals surface area contributed by atoms with Crippen molar-refractivity contribution in [1.82, 2.24) is 4.90 Å². The van der Waals surface area contributed by atoms with Gasteiger partial charge in [-0.1, -0.05) is 48.5 Å². The predicted octanol–water partition coefficient (Wildman–Crippen LogP) is 3.56. The zero-order chi connectivity index (χ0) is 15.6. The van der Waals surface area contributed by atoms with E-state index in [2.05, 4.69) is 41.3 Å². The first kappa shape index (κ1) is 14.9. The molecule has 2 atom stereocenters. The molecule has 1 aliphatic carbocycles. The number of nitrogens with zero attached hydrogens (tertiary/aromatic N) is 1. The normalized spacial score (nSPS) is 24.0. The summed E-state index contributed by atoms with van der Waals surface area (Å²) in [5, 5.41) is 9.19. The molecule has 1 fully saturated rings. The lowest BCUT2D eigenvalue weighted by atomic mass is 9.80. The van der Waals surface area contributed by atoms with Gasteiger partial charge in [0.1, 0.15) is 0 Å². The first-order chi connectivity index (χ1) is 11.3. The average Bonchev–Trinajstić information content (AvgIpc) is 2.56. The molecule has 2 heterocycles. The second kappa shape index (κ2) is 6.46. The molecule has 2 bridgehead atoms. The number of fused-ring (bicyclic) bond motifs is 2. The standard InChI is InChI=1S/C21H25NO/c23-15-17-7-5-16(6-8-17)13-22-14-18-9-10-21(22)12-20-4-2-1-3-19(20)11-18/h1-8,18,21,23H,9-15H2/t18-,21-/m1/s1. The van der Waals surface area contributed by atoms with Crippen molar-refractivity contribution in [1.29, 1.82) is 0 Å². The van der Waals surface area contributed by atoms with Gasteiger partial charge in [0, 0.05) is 19.1 Å². The van der Waals surface area contributed by atoms with Crippen molar-refractivity contribution in [2.24, 2.45) is 5.92 Å². The summed E-state index contributed by atoms with van der Waals surface area (Å²) in [6.07, 6.45) is 5.13. The maximum absolute atomic E-state index is 9.19. The molecule has 0 radical (unpaired) electrons. The van der Waals surface area contributed by atoms with E-state index < -0.39 is 0 Å². The van der Waals surface area contributed by atoms with Gasteiger partial charge in [0.05, 0.1) is 6.61 Å². The van der Waals surface area contributed by atoms with Gasteiger partial charge >= 0.3 is 0 Å². The molecule has 2 aliphatic heterocycles. The maximum Gasteiger partial charge on any atom is 0.0681 e. The third-order valence-electron chi connectivity index (χ3n) is 5.59. The third-order valence-corrected chi connectivity index (χ3v) is 5.59. The summed E-state index contributed by atoms with van der Waals surface area (Å²) < 4.78 is 0. The van der Waals surface area contributed by atoms with Crippen LogP contribution in [0, 0.1) is 5.92 Å². The van der Waals surface area contributed by atoms with Crippen molar-refractivity contribution < 1.29 is 5.11 Å². The Morgan fingerprint density at radius 2 is 1.57 bits per heavy atom. The van der Waals surface area contributed by atoms with Crippen LogP contribution in [0.2, 0.25) is 0 Å². The van der Waals surface area contributed by atoms with Crippen LogP contribution in [0.15, 0.2) is 48.5 Å². The average molecular weight is 307 g/mol. The van der Waals surface area contributed by atoms with Crippen molar-refractivity contribution in [3.05, 3.63) is 70.8 Å². The van der Waals surface area contributed by atoms with Crippen LogP contribution in [0.3, 0.4) is 0 Å². The summed E-state index contributed by atoms with van der Waals surface area (Å²) in [4.78, 5) is 2.69. The third kappa shape index (κ3) is 3.19. The van der Waals surface area contributed by atoms with E-state index >= 15 is 0 Å². The maximum atomic E-state index is 9.19. The molecule has 0 spiro atoms. The van der Waals surface area contributed by atoms with Crippen LogP contribution in [0.5, 0.6) is 0 Å². The fourth-order valence-electron chi connectivity index (χ4n) is 4.28. The lowest BCUT2D eigenvalue weighted by Gasteiger charge is -2.42. The molecule has 3 aliphatic rings. The van der Waals surface area contributed by atoms with Gasteiger partial charge in [-0.15, -0.1) is 0 Å². The Bertz CT molecular complexity index is 664. The molecule has 2 heteroatoms. The second-order valence-electron chi connectivity index (χ2n) is 7.18. The molecule has 1 N–H and O–H groups in total. The van der Waals surface area contributed by atoms with Crippen molar-refractivity contribution in [3.8, 4) is 0 Å². The van der Waals surface area contributed by atoms with Gasteiger partial charge in [0.25, 0.3) is 0 Å². The summed E-state index contributed by atoms with van der Waals surface area (Å²) in [5.41, 5.74) is 5.50. The van der Waals surface area contributed by atoms with E-state index in [0.717, 1.165) is 18.0 Å². The molecule has 2 aromatic carbocycles. The quantitative estimate of drug-likeness (QED) is 0.937. The summed E-state index contributed by atoms with van der Waals surface area (Å²) in [6.45, 7) is 2.39. The highest BCUT2D eigenvalue weighted by molar-refractivity contribution is 5.30. The fraction of sp³-hybridized carbons (Fsp3) is 0.429. The molecule has 2 aromatic rings. The van der Waals surface area contributed by atoms with Gasteiger partial charge in [-0.2, -0.15) is 0 Å². The number of hydrogen-bond donors (Lipinski definition) is 1. The van der Waals surface area contributed by atoms with Gasteiger partial charge < -0.3 is 5.11 Å². The van der Waals surface area contributed by atoms with E-state index in [-0.39, 0.29) is 6.61 Å². The summed E-state index contributed by atoms with van der Waals surface area (Å²) in [7, 11) is 0. The molecule has 1 saturated heterocycles. The molecule has 5 rings (SSSR count). The van der Waals surface area contributed by atoms with Crippen LogP contribution in [0.1, 0.15) is 35.1 Å². The number of aliphatic hydroxyl groups excluding tert-OH is 1. The van der Waals surface area contributed by atoms with Crippen LogP contribution in [-0.2, 0) is 26.0 Å². The lowest BCUT2D eigenvalue weighted by Crippen LogP contribution is -2.46. The molecule has 0 unspecified atom stereocenters. The Hall–Kier alpha value is -1.64. The summed E-state index contributed by atoms with van der Waals surface area (Å²) in [5.74, 6) is 0.796. The van der Waals surface area contributed by atoms with Gasteiger partial charge in [0.2, 0.25) is 0 Å². The second-order valence-corrected chi connectivity index (χ2v) is 7.18. The van der Waals surface area contributed by atoms with Crippen LogP contribution in [-0.4, -0.2) is 22.6 Å². The highest BCUT2D eigenvalue weighted by Crippen LogP contribution is 2.33. The van der Waals surface area contributed by atoms with Crippen LogP contribution in [0.25, 0.3) is 0 Å². The Kier molecular flexibility index (Phi) is 4.19. The molecule has 120 valence electrons. The smallest absolute Gasteiger partial charge is 0.0681 e. The summed E-state index contributed by atoms with van der Waals surface area (Å²) >= 11 is 0. The van der Waals surface area contributed by atoms with E-state index in [0.29, 0.717) is 6.04 Å². The Morgan fingerprint density at radius 1 is 0.870 bits per heavy atom. The van der Waals surface area contributed by atoms with Crippen LogP contribution < -0.4 is 0 Å². The molecule has 0 saturated carbocycles. The monoisotopic (exact) mass is 307 g/mol. The first-order valence-corrected chi connectivity index (χ1v) is 8.81. The Morgan fingerprint density at radius 3 is 2.30 bits per heavy atom. The summed E-state index contributed by atoms with van der Waals surface area (Å²) in [6, 6.07) is 18.1.